The molecule has 0 aromatic heterocycles. The first-order valence-electron chi connectivity index (χ1n) is 24.3. The second-order valence-electron chi connectivity index (χ2n) is 16.2. The van der Waals surface area contributed by atoms with Gasteiger partial charge in [0.25, 0.3) is 0 Å². The van der Waals surface area contributed by atoms with E-state index in [1.807, 2.05) is 104 Å². The lowest BCUT2D eigenvalue weighted by Gasteiger charge is -2.13. The first kappa shape index (κ1) is 82.7. The monoisotopic (exact) mass is 1020 g/mol. The second kappa shape index (κ2) is 57.3. The van der Waals surface area contributed by atoms with Gasteiger partial charge in [0.05, 0.1) is 52.2 Å². The lowest BCUT2D eigenvalue weighted by atomic mass is 10.1. The van der Waals surface area contributed by atoms with Crippen LogP contribution in [0.3, 0.4) is 0 Å². The molecule has 1 unspecified atom stereocenters. The van der Waals surface area contributed by atoms with Gasteiger partial charge in [0.2, 0.25) is 0 Å². The van der Waals surface area contributed by atoms with E-state index in [1.54, 1.807) is 6.92 Å². The van der Waals surface area contributed by atoms with Crippen molar-refractivity contribution >= 4 is 43.4 Å². The number of carbonyl (C=O) groups excluding carboxylic acids is 6. The van der Waals surface area contributed by atoms with Crippen molar-refractivity contribution < 1.29 is 71.2 Å². The summed E-state index contributed by atoms with van der Waals surface area (Å²) in [7, 11) is -3.18. The van der Waals surface area contributed by atoms with Gasteiger partial charge in [-0.15, -0.1) is 0 Å². The molecule has 69 heavy (non-hydrogen) atoms. The van der Waals surface area contributed by atoms with Crippen LogP contribution in [0.25, 0.3) is 0 Å². The normalized spacial score (nSPS) is 12.9. The molecule has 6 atom stereocenters. The van der Waals surface area contributed by atoms with Crippen LogP contribution in [-0.4, -0.2) is 124 Å². The lowest BCUT2D eigenvalue weighted by Crippen LogP contribution is -2.37. The molecule has 0 fully saturated rings. The van der Waals surface area contributed by atoms with Gasteiger partial charge in [-0.25, -0.2) is 0 Å². The predicted molar refractivity (Wildman–Crippen MR) is 277 cm³/mol. The Kier molecular flexibility index (Phi) is 68.7. The van der Waals surface area contributed by atoms with Crippen LogP contribution < -0.4 is 28.7 Å². The van der Waals surface area contributed by atoms with Gasteiger partial charge in [-0.2, -0.15) is 0 Å². The van der Waals surface area contributed by atoms with Crippen molar-refractivity contribution in [3.63, 3.8) is 0 Å². The van der Waals surface area contributed by atoms with Crippen LogP contribution in [0.1, 0.15) is 176 Å². The molecule has 0 saturated carbocycles. The zero-order valence-electron chi connectivity index (χ0n) is 45.4. The van der Waals surface area contributed by atoms with Gasteiger partial charge in [0, 0.05) is 6.66 Å². The average molecular weight is 1020 g/mol. The maximum Gasteiger partial charge on any atom is 0.325 e. The van der Waals surface area contributed by atoms with Crippen molar-refractivity contribution in [3.8, 4) is 0 Å². The fourth-order valence-corrected chi connectivity index (χ4v) is 3.58. The molecule has 0 spiro atoms. The molecule has 0 saturated heterocycles. The van der Waals surface area contributed by atoms with Crippen LogP contribution in [0, 0.1) is 17.8 Å². The zero-order valence-corrected chi connectivity index (χ0v) is 46.3. The number of esters is 6. The summed E-state index contributed by atoms with van der Waals surface area (Å²) in [5.74, 6) is -1.26. The summed E-state index contributed by atoms with van der Waals surface area (Å²) < 4.78 is 43.6. The zero-order chi connectivity index (χ0) is 54.8. The van der Waals surface area contributed by atoms with Gasteiger partial charge >= 0.3 is 43.4 Å². The highest BCUT2D eigenvalue weighted by molar-refractivity contribution is 7.51. The Morgan fingerprint density at radius 2 is 0.652 bits per heavy atom. The van der Waals surface area contributed by atoms with Crippen molar-refractivity contribution in [1.29, 1.82) is 0 Å². The van der Waals surface area contributed by atoms with Crippen molar-refractivity contribution in [1.82, 2.24) is 0 Å². The minimum atomic E-state index is -3.18. The third kappa shape index (κ3) is 66.9. The van der Waals surface area contributed by atoms with Crippen LogP contribution in [0.5, 0.6) is 0 Å². The van der Waals surface area contributed by atoms with Crippen LogP contribution in [0.4, 0.5) is 0 Å². The third-order valence-electron chi connectivity index (χ3n) is 7.53. The quantitative estimate of drug-likeness (QED) is 0.0306. The summed E-state index contributed by atoms with van der Waals surface area (Å²) in [5, 5.41) is 0. The van der Waals surface area contributed by atoms with Gasteiger partial charge < -0.3 is 66.5 Å². The molecule has 0 aromatic carbocycles. The Bertz CT molecular complexity index is 1180. The van der Waals surface area contributed by atoms with Crippen LogP contribution in [0.15, 0.2) is 0 Å². The predicted octanol–water partition coefficient (Wildman–Crippen LogP) is 6.95. The molecule has 0 aliphatic rings. The Hall–Kier alpha value is -3.23. The Balaban J connectivity index is -0.000000105. The van der Waals surface area contributed by atoms with E-state index in [9.17, 15) is 33.3 Å². The molecular weight excluding hydrogens is 918 g/mol. The molecule has 11 N–H and O–H groups in total. The fraction of sp³-hybridized carbons (Fsp3) is 0.875. The number of hydrogen-bond donors (Lipinski definition) is 6. The third-order valence-corrected chi connectivity index (χ3v) is 8.20. The van der Waals surface area contributed by atoms with Crippen molar-refractivity contribution in [3.05, 3.63) is 0 Å². The molecule has 20 nitrogen and oxygen atoms in total. The van der Waals surface area contributed by atoms with E-state index >= 15 is 0 Å². The minimum Gasteiger partial charge on any atom is -0.465 e. The number of hydrogen-bond acceptors (Lipinski definition) is 19. The summed E-state index contributed by atoms with van der Waals surface area (Å²) in [5.41, 5.74) is 27.0. The highest BCUT2D eigenvalue weighted by Gasteiger charge is 2.19. The molecule has 0 aromatic rings. The Morgan fingerprint density at radius 3 is 0.826 bits per heavy atom. The lowest BCUT2D eigenvalue weighted by molar-refractivity contribution is -0.147. The summed E-state index contributed by atoms with van der Waals surface area (Å²) in [6, 6.07) is -2.31. The molecule has 0 aliphatic heterocycles. The van der Waals surface area contributed by atoms with Gasteiger partial charge in [0.1, 0.15) is 30.2 Å². The molecule has 21 heteroatoms. The smallest absolute Gasteiger partial charge is 0.325 e. The Labute approximate surface area is 419 Å². The average Bonchev–Trinajstić information content (AvgIpc) is 3.30. The SMILES string of the molecule is C.CCCOC(=O)C(C)C.CCCOC(=O)[C@@H](N)C(C)C.CCCOC(=O)[C@@H](N)CC.CCCOC(=O)[C@H](C)N.CCCOC(=O)[C@H](N)C(C)C.CCCOC(=O)[C@H](N)CC.CCCOP(C)(=O)O. The second-order valence-corrected chi connectivity index (χ2v) is 18.0. The van der Waals surface area contributed by atoms with Gasteiger partial charge in [0.15, 0.2) is 0 Å². The molecule has 0 heterocycles. The van der Waals surface area contributed by atoms with E-state index < -0.39 is 37.8 Å². The fourth-order valence-electron chi connectivity index (χ4n) is 3.06. The summed E-state index contributed by atoms with van der Waals surface area (Å²) in [6.45, 7) is 34.7. The first-order valence-corrected chi connectivity index (χ1v) is 26.3. The number of ether oxygens (including phenoxy) is 6. The van der Waals surface area contributed by atoms with Gasteiger partial charge in [-0.3, -0.25) is 33.3 Å². The van der Waals surface area contributed by atoms with E-state index in [4.69, 9.17) is 57.2 Å². The number of carbonyl (C=O) groups is 6. The summed E-state index contributed by atoms with van der Waals surface area (Å²) in [4.78, 5) is 73.3. The van der Waals surface area contributed by atoms with Gasteiger partial charge in [-0.05, 0) is 76.5 Å². The minimum absolute atomic E-state index is 0. The molecule has 0 bridgehead atoms. The van der Waals surface area contributed by atoms with Crippen LogP contribution in [0.2, 0.25) is 0 Å². The molecule has 418 valence electrons. The van der Waals surface area contributed by atoms with Crippen molar-refractivity contribution in [2.45, 2.75) is 206 Å². The van der Waals surface area contributed by atoms with E-state index in [2.05, 4.69) is 9.26 Å². The Morgan fingerprint density at radius 1 is 0.420 bits per heavy atom. The molecular formula is C48H106N5O15P. The van der Waals surface area contributed by atoms with E-state index in [0.29, 0.717) is 59.1 Å². The standard InChI is InChI=1S/2C8H17NO2.2C7H15NO2.C7H14O2.C6H13NO2.C4H11O3P.CH4/c2*1-4-5-11-8(10)7(9)6(2)3;2*1-3-5-10-7(9)6(8)4-2;1-4-5-9-7(8)6(2)3;1-3-4-9-6(8)5(2)7;1-3-4-7-8(2,5)6;/h2*6-7H,4-5,9H2,1-3H3;2*6H,3-5,8H2,1-2H3;6H,4-5H2,1-3H3;5H,3-4,7H2,1-2H3;3-4H2,1-2H3,(H,5,6);1H4/t2*7-;2*6-;;5-;;/m1010.0../s1. The maximum absolute atomic E-state index is 11.0. The van der Waals surface area contributed by atoms with Crippen molar-refractivity contribution in [2.24, 2.45) is 46.4 Å². The highest BCUT2D eigenvalue weighted by Crippen LogP contribution is 2.36. The summed E-state index contributed by atoms with van der Waals surface area (Å²) >= 11 is 0. The van der Waals surface area contributed by atoms with E-state index in [1.165, 1.54) is 6.66 Å². The largest absolute Gasteiger partial charge is 0.465 e. The molecule has 0 radical (unpaired) electrons. The maximum atomic E-state index is 11.0. The van der Waals surface area contributed by atoms with Crippen LogP contribution >= 0.6 is 7.60 Å². The molecule has 0 aliphatic carbocycles. The van der Waals surface area contributed by atoms with E-state index in [0.717, 1.165) is 44.9 Å². The van der Waals surface area contributed by atoms with Gasteiger partial charge in [-0.1, -0.05) is 111 Å². The van der Waals surface area contributed by atoms with Crippen molar-refractivity contribution in [2.75, 3.05) is 52.9 Å². The van der Waals surface area contributed by atoms with E-state index in [-0.39, 0.29) is 61.0 Å². The highest BCUT2D eigenvalue weighted by atomic mass is 31.2. The molecule has 0 rings (SSSR count). The summed E-state index contributed by atoms with van der Waals surface area (Å²) in [6.07, 6.45) is 7.19. The first-order chi connectivity index (χ1) is 31.5. The number of rotatable bonds is 25. The molecule has 0 amide bonds. The topological polar surface area (TPSA) is 334 Å². The number of nitrogens with two attached hydrogens (primary N) is 5. The van der Waals surface area contributed by atoms with Crippen LogP contribution in [-0.2, 0) is 66.3 Å².